The smallest absolute Gasteiger partial charge is 0.281 e. The van der Waals surface area contributed by atoms with E-state index in [4.69, 9.17) is 0 Å². The molecule has 0 spiro atoms. The summed E-state index contributed by atoms with van der Waals surface area (Å²) < 4.78 is 3.32. The number of aryl methyl sites for hydroxylation is 1. The number of amides is 1. The molecular weight excluding hydrogens is 525 g/mol. The zero-order valence-corrected chi connectivity index (χ0v) is 20.5. The first kappa shape index (κ1) is 22.9. The molecule has 4 aromatic rings. The van der Waals surface area contributed by atoms with Gasteiger partial charge in [-0.3, -0.25) is 4.79 Å². The van der Waals surface area contributed by atoms with Crippen molar-refractivity contribution in [2.75, 3.05) is 0 Å². The molecule has 0 fully saturated rings. The first-order valence-electron chi connectivity index (χ1n) is 10.5. The van der Waals surface area contributed by atoms with Gasteiger partial charge in [-0.05, 0) is 77.9 Å². The third-order valence-electron chi connectivity index (χ3n) is 5.64. The summed E-state index contributed by atoms with van der Waals surface area (Å²) in [6.07, 6.45) is 1.61. The van der Waals surface area contributed by atoms with Crippen molar-refractivity contribution in [2.45, 2.75) is 19.4 Å². The molecule has 0 radical (unpaired) electrons. The van der Waals surface area contributed by atoms with Crippen molar-refractivity contribution in [2.24, 2.45) is 5.10 Å². The number of hydrazone groups is 1. The van der Waals surface area contributed by atoms with Crippen molar-refractivity contribution in [3.05, 3.63) is 123 Å². The van der Waals surface area contributed by atoms with Crippen molar-refractivity contribution >= 4 is 34.7 Å². The Morgan fingerprint density at radius 2 is 1.48 bits per heavy atom. The fourth-order valence-electron chi connectivity index (χ4n) is 3.93. The standard InChI is InChI=1S/C27H24IN3O2/c1-19-17-21(20(2)31(19)25-15-13-24(28)14-16-25)18-29-30-26(32)27(33,22-9-5-3-6-10-22)23-11-7-4-8-12-23/h3-18,33H,1-2H3,(H,30,32)/b29-18-. The minimum atomic E-state index is -1.86. The summed E-state index contributed by atoms with van der Waals surface area (Å²) in [6.45, 7) is 4.04. The highest BCUT2D eigenvalue weighted by Crippen LogP contribution is 2.30. The van der Waals surface area contributed by atoms with Crippen LogP contribution in [0, 0.1) is 17.4 Å². The highest BCUT2D eigenvalue weighted by molar-refractivity contribution is 14.1. The monoisotopic (exact) mass is 549 g/mol. The van der Waals surface area contributed by atoms with Crippen molar-refractivity contribution in [1.82, 2.24) is 9.99 Å². The highest BCUT2D eigenvalue weighted by Gasteiger charge is 2.39. The molecule has 6 heteroatoms. The number of aliphatic hydroxyl groups is 1. The van der Waals surface area contributed by atoms with Crippen LogP contribution in [0.25, 0.3) is 5.69 Å². The predicted octanol–water partition coefficient (Wildman–Crippen LogP) is 5.08. The van der Waals surface area contributed by atoms with Gasteiger partial charge in [-0.2, -0.15) is 5.10 Å². The molecule has 0 saturated carbocycles. The van der Waals surface area contributed by atoms with Gasteiger partial charge < -0.3 is 9.67 Å². The lowest BCUT2D eigenvalue weighted by atomic mass is 9.85. The number of nitrogens with zero attached hydrogens (tertiary/aromatic N) is 2. The topological polar surface area (TPSA) is 66.6 Å². The molecule has 0 atom stereocenters. The fourth-order valence-corrected chi connectivity index (χ4v) is 4.29. The van der Waals surface area contributed by atoms with Crippen LogP contribution in [-0.4, -0.2) is 21.8 Å². The van der Waals surface area contributed by atoms with Gasteiger partial charge >= 0.3 is 0 Å². The van der Waals surface area contributed by atoms with Gasteiger partial charge in [0.05, 0.1) is 6.21 Å². The Kier molecular flexibility index (Phi) is 6.76. The second kappa shape index (κ2) is 9.72. The van der Waals surface area contributed by atoms with Crippen LogP contribution in [0.3, 0.4) is 0 Å². The summed E-state index contributed by atoms with van der Waals surface area (Å²) >= 11 is 2.29. The van der Waals surface area contributed by atoms with E-state index in [9.17, 15) is 9.90 Å². The molecule has 0 aliphatic heterocycles. The second-order valence-corrected chi connectivity index (χ2v) is 9.03. The number of hydrogen-bond acceptors (Lipinski definition) is 3. The van der Waals surface area contributed by atoms with Crippen molar-refractivity contribution in [3.63, 3.8) is 0 Å². The minimum absolute atomic E-state index is 0.473. The van der Waals surface area contributed by atoms with Crippen molar-refractivity contribution in [3.8, 4) is 5.69 Å². The number of hydrogen-bond donors (Lipinski definition) is 2. The second-order valence-electron chi connectivity index (χ2n) is 7.78. The maximum Gasteiger partial charge on any atom is 0.281 e. The van der Waals surface area contributed by atoms with Crippen LogP contribution in [0.1, 0.15) is 28.1 Å². The van der Waals surface area contributed by atoms with Gasteiger partial charge in [-0.25, -0.2) is 5.43 Å². The molecule has 0 bridgehead atoms. The number of rotatable bonds is 6. The van der Waals surface area contributed by atoms with Gasteiger partial charge in [0.25, 0.3) is 5.91 Å². The summed E-state index contributed by atoms with van der Waals surface area (Å²) in [4.78, 5) is 13.2. The zero-order valence-electron chi connectivity index (χ0n) is 18.4. The summed E-state index contributed by atoms with van der Waals surface area (Å²) in [6, 6.07) is 28.1. The Morgan fingerprint density at radius 1 is 0.939 bits per heavy atom. The lowest BCUT2D eigenvalue weighted by Crippen LogP contribution is -2.43. The maximum absolute atomic E-state index is 13.2. The SMILES string of the molecule is Cc1cc(/C=N\NC(=O)C(O)(c2ccccc2)c2ccccc2)c(C)n1-c1ccc(I)cc1. The van der Waals surface area contributed by atoms with Crippen LogP contribution in [0.5, 0.6) is 0 Å². The van der Waals surface area contributed by atoms with E-state index in [1.807, 2.05) is 32.0 Å². The van der Waals surface area contributed by atoms with E-state index in [1.54, 1.807) is 54.7 Å². The Bertz CT molecular complexity index is 1240. The van der Waals surface area contributed by atoms with Crippen molar-refractivity contribution in [1.29, 1.82) is 0 Å². The third kappa shape index (κ3) is 4.62. The number of aromatic nitrogens is 1. The molecule has 33 heavy (non-hydrogen) atoms. The van der Waals surface area contributed by atoms with Gasteiger partial charge in [0.15, 0.2) is 5.60 Å². The molecule has 0 aliphatic carbocycles. The van der Waals surface area contributed by atoms with Gasteiger partial charge in [0.2, 0.25) is 0 Å². The van der Waals surface area contributed by atoms with Crippen LogP contribution >= 0.6 is 22.6 Å². The Balaban J connectivity index is 1.61. The van der Waals surface area contributed by atoms with E-state index in [0.29, 0.717) is 11.1 Å². The summed E-state index contributed by atoms with van der Waals surface area (Å²) in [7, 11) is 0. The lowest BCUT2D eigenvalue weighted by molar-refractivity contribution is -0.136. The highest BCUT2D eigenvalue weighted by atomic mass is 127. The molecule has 2 N–H and O–H groups in total. The number of carbonyl (C=O) groups excluding carboxylic acids is 1. The molecule has 166 valence electrons. The normalized spacial score (nSPS) is 11.6. The van der Waals surface area contributed by atoms with Gasteiger partial charge in [0, 0.05) is 26.2 Å². The zero-order chi connectivity index (χ0) is 23.4. The molecule has 4 rings (SSSR count). The molecule has 1 aromatic heterocycles. The van der Waals surface area contributed by atoms with Crippen LogP contribution in [-0.2, 0) is 10.4 Å². The average Bonchev–Trinajstić information content (AvgIpc) is 3.13. The van der Waals surface area contributed by atoms with Crippen LogP contribution in [0.4, 0.5) is 0 Å². The van der Waals surface area contributed by atoms with Gasteiger partial charge in [0.1, 0.15) is 0 Å². The lowest BCUT2D eigenvalue weighted by Gasteiger charge is -2.27. The summed E-state index contributed by atoms with van der Waals surface area (Å²) in [5.74, 6) is -0.623. The quantitative estimate of drug-likeness (QED) is 0.200. The number of nitrogens with one attached hydrogen (secondary N) is 1. The van der Waals surface area contributed by atoms with Crippen LogP contribution in [0.15, 0.2) is 96.1 Å². The molecule has 0 aliphatic rings. The molecule has 3 aromatic carbocycles. The van der Waals surface area contributed by atoms with E-state index >= 15 is 0 Å². The maximum atomic E-state index is 13.2. The van der Waals surface area contributed by atoms with Crippen molar-refractivity contribution < 1.29 is 9.90 Å². The number of halogens is 1. The van der Waals surface area contributed by atoms with E-state index in [-0.39, 0.29) is 0 Å². The van der Waals surface area contributed by atoms with E-state index < -0.39 is 11.5 Å². The predicted molar refractivity (Wildman–Crippen MR) is 140 cm³/mol. The summed E-state index contributed by atoms with van der Waals surface area (Å²) in [5, 5.41) is 15.7. The molecule has 1 amide bonds. The van der Waals surface area contributed by atoms with E-state index in [2.05, 4.69) is 62.0 Å². The Hall–Kier alpha value is -3.23. The first-order chi connectivity index (χ1) is 15.9. The average molecular weight is 549 g/mol. The Labute approximate surface area is 206 Å². The first-order valence-corrected chi connectivity index (χ1v) is 11.6. The van der Waals surface area contributed by atoms with E-state index in [1.165, 1.54) is 3.57 Å². The summed E-state index contributed by atoms with van der Waals surface area (Å²) in [5.41, 5.74) is 5.64. The molecule has 0 saturated heterocycles. The largest absolute Gasteiger partial charge is 0.372 e. The van der Waals surface area contributed by atoms with Crippen LogP contribution in [0.2, 0.25) is 0 Å². The molecule has 0 unspecified atom stereocenters. The van der Waals surface area contributed by atoms with E-state index in [0.717, 1.165) is 22.6 Å². The molecule has 1 heterocycles. The third-order valence-corrected chi connectivity index (χ3v) is 6.36. The number of carbonyl (C=O) groups is 1. The minimum Gasteiger partial charge on any atom is -0.372 e. The fraction of sp³-hybridized carbons (Fsp3) is 0.111. The number of benzene rings is 3. The van der Waals surface area contributed by atoms with Gasteiger partial charge in [-0.1, -0.05) is 60.7 Å². The Morgan fingerprint density at radius 3 is 2.03 bits per heavy atom. The molecular formula is C27H24IN3O2. The van der Waals surface area contributed by atoms with Crippen LogP contribution < -0.4 is 5.43 Å². The van der Waals surface area contributed by atoms with Gasteiger partial charge in [-0.15, -0.1) is 0 Å². The molecule has 5 nitrogen and oxygen atoms in total.